The van der Waals surface area contributed by atoms with Crippen molar-refractivity contribution in [2.75, 3.05) is 25.0 Å². The molecule has 7 heteroatoms. The minimum atomic E-state index is 0.501. The van der Waals surface area contributed by atoms with E-state index in [0.29, 0.717) is 12.0 Å². The van der Waals surface area contributed by atoms with Crippen LogP contribution in [0.3, 0.4) is 0 Å². The normalized spacial score (nSPS) is 20.6. The van der Waals surface area contributed by atoms with Crippen LogP contribution in [0.5, 0.6) is 0 Å². The number of nitrogens with zero attached hydrogens (tertiary/aromatic N) is 6. The Morgan fingerprint density at radius 2 is 2.08 bits per heavy atom. The molecule has 0 aromatic carbocycles. The van der Waals surface area contributed by atoms with Gasteiger partial charge in [-0.3, -0.25) is 4.90 Å². The SMILES string of the molecule is CN(Cc1noc(C2CCC2)n1)C1CN(c2cc3c(nn2)CCC3)C1. The second-order valence-corrected chi connectivity index (χ2v) is 7.68. The van der Waals surface area contributed by atoms with E-state index in [1.165, 1.54) is 36.9 Å². The summed E-state index contributed by atoms with van der Waals surface area (Å²) in [6.45, 7) is 2.71. The lowest BCUT2D eigenvalue weighted by atomic mass is 9.85. The fourth-order valence-corrected chi connectivity index (χ4v) is 3.90. The van der Waals surface area contributed by atoms with Crippen LogP contribution in [-0.4, -0.2) is 51.4 Å². The topological polar surface area (TPSA) is 71.2 Å². The van der Waals surface area contributed by atoms with Crippen molar-refractivity contribution in [1.82, 2.24) is 25.2 Å². The highest BCUT2D eigenvalue weighted by Gasteiger charge is 2.33. The third-order valence-corrected chi connectivity index (χ3v) is 5.95. The van der Waals surface area contributed by atoms with Crippen molar-refractivity contribution in [3.8, 4) is 0 Å². The first-order chi connectivity index (χ1) is 12.3. The Morgan fingerprint density at radius 1 is 1.20 bits per heavy atom. The minimum absolute atomic E-state index is 0.501. The van der Waals surface area contributed by atoms with Gasteiger partial charge in [-0.05, 0) is 50.8 Å². The smallest absolute Gasteiger partial charge is 0.229 e. The molecule has 5 rings (SSSR count). The van der Waals surface area contributed by atoms with Crippen molar-refractivity contribution >= 4 is 5.82 Å². The summed E-state index contributed by atoms with van der Waals surface area (Å²) in [6.07, 6.45) is 7.11. The maximum Gasteiger partial charge on any atom is 0.229 e. The molecule has 0 atom stereocenters. The van der Waals surface area contributed by atoms with Gasteiger partial charge in [0.1, 0.15) is 0 Å². The van der Waals surface area contributed by atoms with Gasteiger partial charge < -0.3 is 9.42 Å². The quantitative estimate of drug-likeness (QED) is 0.823. The Kier molecular flexibility index (Phi) is 3.69. The number of aromatic nitrogens is 4. The summed E-state index contributed by atoms with van der Waals surface area (Å²) in [5, 5.41) is 13.0. The molecule has 0 bridgehead atoms. The molecular formula is C18H24N6O. The van der Waals surface area contributed by atoms with Gasteiger partial charge in [-0.2, -0.15) is 10.1 Å². The zero-order chi connectivity index (χ0) is 16.8. The Morgan fingerprint density at radius 3 is 2.88 bits per heavy atom. The summed E-state index contributed by atoms with van der Waals surface area (Å²) in [5.41, 5.74) is 2.58. The number of fused-ring (bicyclic) bond motifs is 1. The van der Waals surface area contributed by atoms with E-state index in [2.05, 4.69) is 43.3 Å². The summed E-state index contributed by atoms with van der Waals surface area (Å²) in [6, 6.07) is 2.73. The van der Waals surface area contributed by atoms with Crippen LogP contribution in [0.4, 0.5) is 5.82 Å². The minimum Gasteiger partial charge on any atom is -0.352 e. The van der Waals surface area contributed by atoms with Crippen LogP contribution >= 0.6 is 0 Å². The number of aryl methyl sites for hydroxylation is 2. The lowest BCUT2D eigenvalue weighted by Crippen LogP contribution is -2.58. The molecule has 25 heavy (non-hydrogen) atoms. The molecule has 3 aliphatic rings. The van der Waals surface area contributed by atoms with Crippen LogP contribution in [-0.2, 0) is 19.4 Å². The molecule has 2 aliphatic carbocycles. The predicted molar refractivity (Wildman–Crippen MR) is 92.4 cm³/mol. The van der Waals surface area contributed by atoms with Gasteiger partial charge in [-0.1, -0.05) is 11.6 Å². The van der Waals surface area contributed by atoms with Gasteiger partial charge in [0.2, 0.25) is 5.89 Å². The number of hydrogen-bond donors (Lipinski definition) is 0. The van der Waals surface area contributed by atoms with Gasteiger partial charge >= 0.3 is 0 Å². The fourth-order valence-electron chi connectivity index (χ4n) is 3.90. The van der Waals surface area contributed by atoms with Gasteiger partial charge in [0.05, 0.1) is 12.2 Å². The van der Waals surface area contributed by atoms with Crippen LogP contribution in [0.25, 0.3) is 0 Å². The maximum absolute atomic E-state index is 5.42. The Hall–Kier alpha value is -2.02. The van der Waals surface area contributed by atoms with Crippen molar-refractivity contribution < 1.29 is 4.52 Å². The zero-order valence-electron chi connectivity index (χ0n) is 14.7. The average molecular weight is 340 g/mol. The second kappa shape index (κ2) is 6.05. The molecule has 7 nitrogen and oxygen atoms in total. The molecule has 132 valence electrons. The monoisotopic (exact) mass is 340 g/mol. The third-order valence-electron chi connectivity index (χ3n) is 5.95. The average Bonchev–Trinajstić information content (AvgIpc) is 3.13. The van der Waals surface area contributed by atoms with Crippen molar-refractivity contribution in [1.29, 1.82) is 0 Å². The molecule has 3 heterocycles. The van der Waals surface area contributed by atoms with Crippen LogP contribution < -0.4 is 4.90 Å². The first-order valence-corrected chi connectivity index (χ1v) is 9.39. The Labute approximate surface area is 147 Å². The molecule has 0 amide bonds. The summed E-state index contributed by atoms with van der Waals surface area (Å²) >= 11 is 0. The van der Waals surface area contributed by atoms with Crippen molar-refractivity contribution in [2.24, 2.45) is 0 Å². The highest BCUT2D eigenvalue weighted by Crippen LogP contribution is 2.35. The summed E-state index contributed by atoms with van der Waals surface area (Å²) in [7, 11) is 2.13. The standard InChI is InChI=1S/C18H24N6O/c1-23(11-16-19-18(25-22-16)12-4-2-5-12)14-9-24(10-14)17-8-13-6-3-7-15(13)20-21-17/h8,12,14H,2-7,9-11H2,1H3. The van der Waals surface area contributed by atoms with E-state index in [0.717, 1.165) is 50.0 Å². The van der Waals surface area contributed by atoms with Crippen LogP contribution in [0.1, 0.15) is 54.6 Å². The maximum atomic E-state index is 5.42. The fraction of sp³-hybridized carbons (Fsp3) is 0.667. The van der Waals surface area contributed by atoms with E-state index in [9.17, 15) is 0 Å². The molecule has 1 saturated carbocycles. The van der Waals surface area contributed by atoms with Gasteiger partial charge in [0.25, 0.3) is 0 Å². The van der Waals surface area contributed by atoms with E-state index in [-0.39, 0.29) is 0 Å². The van der Waals surface area contributed by atoms with E-state index in [4.69, 9.17) is 4.52 Å². The van der Waals surface area contributed by atoms with E-state index in [1.54, 1.807) is 0 Å². The molecule has 2 aromatic heterocycles. The summed E-state index contributed by atoms with van der Waals surface area (Å²) in [5.74, 6) is 3.17. The van der Waals surface area contributed by atoms with Gasteiger partial charge in [0, 0.05) is 25.0 Å². The van der Waals surface area contributed by atoms with Crippen LogP contribution in [0.2, 0.25) is 0 Å². The van der Waals surface area contributed by atoms with Gasteiger partial charge in [0.15, 0.2) is 11.6 Å². The molecule has 0 unspecified atom stereocenters. The van der Waals surface area contributed by atoms with Crippen molar-refractivity contribution in [2.45, 2.75) is 57.0 Å². The molecule has 2 fully saturated rings. The molecule has 1 saturated heterocycles. The second-order valence-electron chi connectivity index (χ2n) is 7.68. The van der Waals surface area contributed by atoms with Crippen LogP contribution in [0, 0.1) is 0 Å². The largest absolute Gasteiger partial charge is 0.352 e. The molecule has 2 aromatic rings. The molecule has 0 spiro atoms. The predicted octanol–water partition coefficient (Wildman–Crippen LogP) is 1.94. The highest BCUT2D eigenvalue weighted by atomic mass is 16.5. The highest BCUT2D eigenvalue weighted by molar-refractivity contribution is 5.45. The van der Waals surface area contributed by atoms with Crippen molar-refractivity contribution in [3.05, 3.63) is 29.0 Å². The molecule has 0 N–H and O–H groups in total. The molecule has 0 radical (unpaired) electrons. The number of anilines is 1. The van der Waals surface area contributed by atoms with E-state index >= 15 is 0 Å². The lowest BCUT2D eigenvalue weighted by molar-refractivity contribution is 0.190. The molecular weight excluding hydrogens is 316 g/mol. The molecule has 1 aliphatic heterocycles. The van der Waals surface area contributed by atoms with Gasteiger partial charge in [-0.25, -0.2) is 0 Å². The number of hydrogen-bond acceptors (Lipinski definition) is 7. The zero-order valence-corrected chi connectivity index (χ0v) is 14.7. The lowest BCUT2D eigenvalue weighted by Gasteiger charge is -2.44. The van der Waals surface area contributed by atoms with E-state index < -0.39 is 0 Å². The van der Waals surface area contributed by atoms with E-state index in [1.807, 2.05) is 0 Å². The Balaban J connectivity index is 1.16. The van der Waals surface area contributed by atoms with Crippen molar-refractivity contribution in [3.63, 3.8) is 0 Å². The number of likely N-dealkylation sites (N-methyl/N-ethyl adjacent to an activating group) is 1. The number of rotatable bonds is 5. The summed E-state index contributed by atoms with van der Waals surface area (Å²) < 4.78 is 5.42. The first-order valence-electron chi connectivity index (χ1n) is 9.39. The van der Waals surface area contributed by atoms with Crippen LogP contribution in [0.15, 0.2) is 10.6 Å². The first kappa shape index (κ1) is 15.3. The Bertz CT molecular complexity index is 765. The third kappa shape index (κ3) is 2.80. The van der Waals surface area contributed by atoms with Gasteiger partial charge in [-0.15, -0.1) is 5.10 Å². The summed E-state index contributed by atoms with van der Waals surface area (Å²) in [4.78, 5) is 9.19.